The molecule has 0 bridgehead atoms. The van der Waals surface area contributed by atoms with Gasteiger partial charge in [0.1, 0.15) is 0 Å². The molecule has 0 aliphatic carbocycles. The summed E-state index contributed by atoms with van der Waals surface area (Å²) < 4.78 is 26.3. The number of nitrogens with one attached hydrogen (secondary N) is 2. The van der Waals surface area contributed by atoms with Gasteiger partial charge >= 0.3 is 0 Å². The second-order valence-electron chi connectivity index (χ2n) is 5.04. The van der Waals surface area contributed by atoms with Gasteiger partial charge in [-0.15, -0.1) is 6.58 Å². The molecule has 2 aromatic rings. The smallest absolute Gasteiger partial charge is 0.248 e. The predicted molar refractivity (Wildman–Crippen MR) is 101 cm³/mol. The number of hydrogen-bond donors (Lipinski definition) is 2. The van der Waals surface area contributed by atoms with Gasteiger partial charge in [-0.3, -0.25) is 4.79 Å². The highest BCUT2D eigenvalue weighted by atomic mass is 35.5. The highest BCUT2D eigenvalue weighted by Gasteiger charge is 2.12. The number of hydrogen-bond acceptors (Lipinski definition) is 3. The first-order chi connectivity index (χ1) is 11.9. The number of carbonyl (C=O) groups is 1. The first kappa shape index (κ1) is 18.9. The van der Waals surface area contributed by atoms with Gasteiger partial charge < -0.3 is 5.32 Å². The molecule has 7 heteroatoms. The molecule has 0 saturated heterocycles. The second-order valence-corrected chi connectivity index (χ2v) is 7.24. The second kappa shape index (κ2) is 8.62. The molecule has 0 aliphatic heterocycles. The van der Waals surface area contributed by atoms with Crippen molar-refractivity contribution in [2.24, 2.45) is 0 Å². The minimum atomic E-state index is -3.58. The molecule has 0 fully saturated rings. The van der Waals surface area contributed by atoms with E-state index in [-0.39, 0.29) is 17.3 Å². The Labute approximate surface area is 152 Å². The molecule has 130 valence electrons. The molecule has 0 radical (unpaired) electrons. The van der Waals surface area contributed by atoms with Gasteiger partial charge in [-0.25, -0.2) is 13.1 Å². The molecule has 2 rings (SSSR count). The summed E-state index contributed by atoms with van der Waals surface area (Å²) in [6, 6.07) is 12.9. The van der Waals surface area contributed by atoms with Crippen molar-refractivity contribution in [2.75, 3.05) is 11.9 Å². The van der Waals surface area contributed by atoms with E-state index >= 15 is 0 Å². The molecule has 0 unspecified atom stereocenters. The van der Waals surface area contributed by atoms with Crippen molar-refractivity contribution < 1.29 is 13.2 Å². The van der Waals surface area contributed by atoms with Gasteiger partial charge in [-0.05, 0) is 48.0 Å². The van der Waals surface area contributed by atoms with E-state index in [1.165, 1.54) is 36.4 Å². The molecule has 1 amide bonds. The lowest BCUT2D eigenvalue weighted by molar-refractivity contribution is -0.111. The van der Waals surface area contributed by atoms with Crippen LogP contribution >= 0.6 is 11.6 Å². The normalized spacial score (nSPS) is 11.4. The first-order valence-corrected chi connectivity index (χ1v) is 9.22. The molecule has 0 atom stereocenters. The zero-order chi connectivity index (χ0) is 18.3. The molecular formula is C18H17ClN2O3S. The highest BCUT2D eigenvalue weighted by Crippen LogP contribution is 2.14. The Hall–Kier alpha value is -2.41. The van der Waals surface area contributed by atoms with Crippen molar-refractivity contribution in [3.63, 3.8) is 0 Å². The average molecular weight is 377 g/mol. The van der Waals surface area contributed by atoms with Crippen LogP contribution in [0.3, 0.4) is 0 Å². The molecular weight excluding hydrogens is 360 g/mol. The average Bonchev–Trinajstić information content (AvgIpc) is 2.60. The molecule has 25 heavy (non-hydrogen) atoms. The summed E-state index contributed by atoms with van der Waals surface area (Å²) in [6.07, 6.45) is 4.50. The maximum atomic E-state index is 11.9. The monoisotopic (exact) mass is 376 g/mol. The molecule has 0 spiro atoms. The van der Waals surface area contributed by atoms with Crippen LogP contribution < -0.4 is 10.0 Å². The van der Waals surface area contributed by atoms with Crippen LogP contribution in [0.1, 0.15) is 5.56 Å². The minimum absolute atomic E-state index is 0.115. The summed E-state index contributed by atoms with van der Waals surface area (Å²) in [5.74, 6) is -0.324. The molecule has 0 saturated carbocycles. The third-order valence-corrected chi connectivity index (χ3v) is 4.84. The predicted octanol–water partition coefficient (Wildman–Crippen LogP) is 3.46. The Morgan fingerprint density at radius 1 is 1.08 bits per heavy atom. The van der Waals surface area contributed by atoms with Gasteiger partial charge in [0.2, 0.25) is 15.9 Å². The van der Waals surface area contributed by atoms with E-state index in [9.17, 15) is 13.2 Å². The number of benzene rings is 2. The van der Waals surface area contributed by atoms with Gasteiger partial charge in [0.05, 0.1) is 4.90 Å². The minimum Gasteiger partial charge on any atom is -0.323 e. The topological polar surface area (TPSA) is 75.3 Å². The highest BCUT2D eigenvalue weighted by molar-refractivity contribution is 7.89. The van der Waals surface area contributed by atoms with Crippen LogP contribution in [-0.4, -0.2) is 20.9 Å². The first-order valence-electron chi connectivity index (χ1n) is 7.36. The maximum Gasteiger partial charge on any atom is 0.248 e. The summed E-state index contributed by atoms with van der Waals surface area (Å²) in [4.78, 5) is 12.0. The van der Waals surface area contributed by atoms with E-state index in [0.717, 1.165) is 5.56 Å². The zero-order valence-electron chi connectivity index (χ0n) is 13.3. The third-order valence-electron chi connectivity index (χ3n) is 3.15. The summed E-state index contributed by atoms with van der Waals surface area (Å²) >= 11 is 5.80. The Bertz CT molecular complexity index is 874. The maximum absolute atomic E-state index is 11.9. The van der Waals surface area contributed by atoms with Crippen LogP contribution in [0.25, 0.3) is 6.08 Å². The van der Waals surface area contributed by atoms with E-state index in [4.69, 9.17) is 11.6 Å². The van der Waals surface area contributed by atoms with E-state index in [1.54, 1.807) is 30.3 Å². The van der Waals surface area contributed by atoms with Crippen LogP contribution in [0, 0.1) is 0 Å². The fourth-order valence-electron chi connectivity index (χ4n) is 1.90. The van der Waals surface area contributed by atoms with Crippen LogP contribution in [0.15, 0.2) is 72.2 Å². The van der Waals surface area contributed by atoms with Crippen molar-refractivity contribution in [1.82, 2.24) is 4.72 Å². The van der Waals surface area contributed by atoms with Crippen molar-refractivity contribution in [3.8, 4) is 0 Å². The zero-order valence-corrected chi connectivity index (χ0v) is 14.8. The Morgan fingerprint density at radius 3 is 2.32 bits per heavy atom. The lowest BCUT2D eigenvalue weighted by Crippen LogP contribution is -2.23. The van der Waals surface area contributed by atoms with Gasteiger partial charge in [0.25, 0.3) is 0 Å². The molecule has 0 aliphatic rings. The fraction of sp³-hybridized carbons (Fsp3) is 0.0556. The number of halogens is 1. The summed E-state index contributed by atoms with van der Waals surface area (Å²) in [5.41, 5.74) is 1.34. The molecule has 0 aromatic heterocycles. The quantitative estimate of drug-likeness (QED) is 0.574. The van der Waals surface area contributed by atoms with E-state index in [1.807, 2.05) is 0 Å². The van der Waals surface area contributed by atoms with E-state index in [0.29, 0.717) is 10.7 Å². The van der Waals surface area contributed by atoms with Crippen LogP contribution in [-0.2, 0) is 14.8 Å². The number of carbonyl (C=O) groups excluding carboxylic acids is 1. The van der Waals surface area contributed by atoms with Crippen LogP contribution in [0.2, 0.25) is 5.02 Å². The lowest BCUT2D eigenvalue weighted by Gasteiger charge is -2.06. The summed E-state index contributed by atoms with van der Waals surface area (Å²) in [6.45, 7) is 3.61. The lowest BCUT2D eigenvalue weighted by atomic mass is 10.2. The van der Waals surface area contributed by atoms with Gasteiger partial charge in [-0.1, -0.05) is 29.8 Å². The SMILES string of the molecule is C=CCNS(=O)(=O)c1ccc(NC(=O)/C=C/c2ccc(Cl)cc2)cc1. The summed E-state index contributed by atoms with van der Waals surface area (Å²) in [7, 11) is -3.58. The Morgan fingerprint density at radius 2 is 1.72 bits per heavy atom. The number of rotatable bonds is 7. The van der Waals surface area contributed by atoms with E-state index < -0.39 is 10.0 Å². The molecule has 2 N–H and O–H groups in total. The Kier molecular flexibility index (Phi) is 6.52. The van der Waals surface area contributed by atoms with E-state index in [2.05, 4.69) is 16.6 Å². The van der Waals surface area contributed by atoms with Crippen LogP contribution in [0.5, 0.6) is 0 Å². The van der Waals surface area contributed by atoms with Gasteiger partial charge in [0.15, 0.2) is 0 Å². The molecule has 2 aromatic carbocycles. The van der Waals surface area contributed by atoms with Gasteiger partial charge in [-0.2, -0.15) is 0 Å². The number of anilines is 1. The third kappa shape index (κ3) is 5.86. The standard InChI is InChI=1S/C18H17ClN2O3S/c1-2-13-20-25(23,24)17-10-8-16(9-11-17)21-18(22)12-5-14-3-6-15(19)7-4-14/h2-12,20H,1,13H2,(H,21,22)/b12-5+. The van der Waals surface area contributed by atoms with Crippen molar-refractivity contribution >= 4 is 39.3 Å². The van der Waals surface area contributed by atoms with Crippen molar-refractivity contribution in [3.05, 3.63) is 77.8 Å². The molecule has 0 heterocycles. The number of amides is 1. The fourth-order valence-corrected chi connectivity index (χ4v) is 3.02. The van der Waals surface area contributed by atoms with Crippen molar-refractivity contribution in [1.29, 1.82) is 0 Å². The Balaban J connectivity index is 1.99. The van der Waals surface area contributed by atoms with Crippen molar-refractivity contribution in [2.45, 2.75) is 4.90 Å². The molecule has 5 nitrogen and oxygen atoms in total. The largest absolute Gasteiger partial charge is 0.323 e. The summed E-state index contributed by atoms with van der Waals surface area (Å²) in [5, 5.41) is 3.29. The number of sulfonamides is 1. The van der Waals surface area contributed by atoms with Gasteiger partial charge in [0, 0.05) is 23.3 Å². The van der Waals surface area contributed by atoms with Crippen LogP contribution in [0.4, 0.5) is 5.69 Å².